The zero-order valence-corrected chi connectivity index (χ0v) is 10.6. The molecule has 2 rings (SSSR count). The van der Waals surface area contributed by atoms with E-state index in [1.807, 2.05) is 6.07 Å². The van der Waals surface area contributed by atoms with E-state index in [1.54, 1.807) is 30.3 Å². The molecule has 0 aliphatic carbocycles. The molecule has 19 heavy (non-hydrogen) atoms. The maximum Gasteiger partial charge on any atom is 0.238 e. The summed E-state index contributed by atoms with van der Waals surface area (Å²) in [5.41, 5.74) is 0.726. The summed E-state index contributed by atoms with van der Waals surface area (Å²) in [4.78, 5) is 0.0485. The summed E-state index contributed by atoms with van der Waals surface area (Å²) in [7, 11) is -3.69. The smallest absolute Gasteiger partial charge is 0.238 e. The van der Waals surface area contributed by atoms with Gasteiger partial charge in [0.15, 0.2) is 0 Å². The summed E-state index contributed by atoms with van der Waals surface area (Å²) in [6.45, 7) is 0. The normalized spacial score (nSPS) is 11.6. The molecule has 0 spiro atoms. The Bertz CT molecular complexity index is 750. The molecule has 96 valence electrons. The average Bonchev–Trinajstić information content (AvgIpc) is 2.84. The lowest BCUT2D eigenvalue weighted by Gasteiger charge is -2.00. The van der Waals surface area contributed by atoms with E-state index in [0.717, 1.165) is 5.56 Å². The van der Waals surface area contributed by atoms with Crippen molar-refractivity contribution in [2.45, 2.75) is 4.90 Å². The maximum atomic E-state index is 11.1. The molecule has 0 aliphatic rings. The van der Waals surface area contributed by atoms with Crippen molar-refractivity contribution in [2.75, 3.05) is 0 Å². The molecule has 0 aliphatic heterocycles. The van der Waals surface area contributed by atoms with E-state index in [1.165, 1.54) is 18.2 Å². The number of furan rings is 1. The number of nitrogens with two attached hydrogens (primary N) is 1. The van der Waals surface area contributed by atoms with Crippen LogP contribution in [0.5, 0.6) is 0 Å². The van der Waals surface area contributed by atoms with Crippen molar-refractivity contribution < 1.29 is 12.8 Å². The third-order valence-electron chi connectivity index (χ3n) is 2.42. The Balaban J connectivity index is 2.31. The molecule has 0 fully saturated rings. The van der Waals surface area contributed by atoms with Crippen LogP contribution in [0.2, 0.25) is 0 Å². The molecular formula is C13H10N2O3S. The van der Waals surface area contributed by atoms with Crippen LogP contribution in [0.25, 0.3) is 17.4 Å². The SMILES string of the molecule is N#CC=Cc1ccc(-c2ccc(S(N)(=O)=O)cc2)o1. The van der Waals surface area contributed by atoms with Gasteiger partial charge < -0.3 is 4.42 Å². The number of hydrogen-bond donors (Lipinski definition) is 1. The third-order valence-corrected chi connectivity index (χ3v) is 3.35. The van der Waals surface area contributed by atoms with E-state index in [2.05, 4.69) is 0 Å². The van der Waals surface area contributed by atoms with E-state index in [0.29, 0.717) is 11.5 Å². The molecule has 1 heterocycles. The quantitative estimate of drug-likeness (QED) is 0.867. The minimum Gasteiger partial charge on any atom is -0.457 e. The van der Waals surface area contributed by atoms with Crippen molar-refractivity contribution in [3.63, 3.8) is 0 Å². The summed E-state index contributed by atoms with van der Waals surface area (Å²) in [5.74, 6) is 1.13. The summed E-state index contributed by atoms with van der Waals surface area (Å²) in [5, 5.41) is 13.4. The van der Waals surface area contributed by atoms with Gasteiger partial charge in [0.25, 0.3) is 0 Å². The lowest BCUT2D eigenvalue weighted by Crippen LogP contribution is -2.11. The second-order valence-electron chi connectivity index (χ2n) is 3.73. The van der Waals surface area contributed by atoms with E-state index in [4.69, 9.17) is 14.8 Å². The third kappa shape index (κ3) is 3.10. The summed E-state index contributed by atoms with van der Waals surface area (Å²) >= 11 is 0. The maximum absolute atomic E-state index is 11.1. The summed E-state index contributed by atoms with van der Waals surface area (Å²) in [6, 6.07) is 11.4. The van der Waals surface area contributed by atoms with Crippen LogP contribution in [0, 0.1) is 11.3 Å². The molecule has 0 unspecified atom stereocenters. The first-order valence-electron chi connectivity index (χ1n) is 5.30. The van der Waals surface area contributed by atoms with Crippen LogP contribution in [-0.4, -0.2) is 8.42 Å². The number of rotatable bonds is 3. The Labute approximate surface area is 110 Å². The van der Waals surface area contributed by atoms with Crippen molar-refractivity contribution in [3.8, 4) is 17.4 Å². The van der Waals surface area contributed by atoms with Gasteiger partial charge >= 0.3 is 0 Å². The van der Waals surface area contributed by atoms with Gasteiger partial charge in [0, 0.05) is 11.6 Å². The second-order valence-corrected chi connectivity index (χ2v) is 5.30. The minimum atomic E-state index is -3.69. The van der Waals surface area contributed by atoms with E-state index < -0.39 is 10.0 Å². The fourth-order valence-corrected chi connectivity index (χ4v) is 2.04. The van der Waals surface area contributed by atoms with Crippen LogP contribution in [-0.2, 0) is 10.0 Å². The summed E-state index contributed by atoms with van der Waals surface area (Å²) in [6.07, 6.45) is 2.86. The molecule has 2 aromatic rings. The van der Waals surface area contributed by atoms with Gasteiger partial charge in [-0.1, -0.05) is 0 Å². The van der Waals surface area contributed by atoms with Crippen LogP contribution < -0.4 is 5.14 Å². The zero-order chi connectivity index (χ0) is 13.9. The number of nitriles is 1. The Morgan fingerprint density at radius 3 is 2.42 bits per heavy atom. The van der Waals surface area contributed by atoms with Crippen LogP contribution >= 0.6 is 0 Å². The Hall–Kier alpha value is -2.36. The number of hydrogen-bond acceptors (Lipinski definition) is 4. The molecule has 1 aromatic heterocycles. The molecule has 0 bridgehead atoms. The first kappa shape index (κ1) is 13.1. The molecule has 0 saturated carbocycles. The van der Waals surface area contributed by atoms with Gasteiger partial charge in [-0.05, 0) is 42.5 Å². The van der Waals surface area contributed by atoms with Gasteiger partial charge in [0.2, 0.25) is 10.0 Å². The zero-order valence-electron chi connectivity index (χ0n) is 9.78. The minimum absolute atomic E-state index is 0.0485. The van der Waals surface area contributed by atoms with E-state index in [9.17, 15) is 8.42 Å². The van der Waals surface area contributed by atoms with Crippen LogP contribution in [0.1, 0.15) is 5.76 Å². The number of nitrogens with zero attached hydrogens (tertiary/aromatic N) is 1. The molecule has 0 amide bonds. The molecule has 6 heteroatoms. The fraction of sp³-hybridized carbons (Fsp3) is 0. The topological polar surface area (TPSA) is 97.1 Å². The molecule has 2 N–H and O–H groups in total. The second kappa shape index (κ2) is 5.10. The standard InChI is InChI=1S/C13H10N2O3S/c14-9-1-2-11-5-8-13(18-11)10-3-6-12(7-4-10)19(15,16)17/h1-8H,(H2,15,16,17). The van der Waals surface area contributed by atoms with E-state index >= 15 is 0 Å². The Kier molecular flexibility index (Phi) is 3.51. The Morgan fingerprint density at radius 2 is 1.84 bits per heavy atom. The Morgan fingerprint density at radius 1 is 1.16 bits per heavy atom. The van der Waals surface area contributed by atoms with Gasteiger partial charge in [0.1, 0.15) is 11.5 Å². The highest BCUT2D eigenvalue weighted by molar-refractivity contribution is 7.89. The molecular weight excluding hydrogens is 264 g/mol. The molecule has 0 saturated heterocycles. The van der Waals surface area contributed by atoms with Crippen molar-refractivity contribution in [1.29, 1.82) is 5.26 Å². The van der Waals surface area contributed by atoms with Crippen molar-refractivity contribution >= 4 is 16.1 Å². The van der Waals surface area contributed by atoms with Gasteiger partial charge in [-0.15, -0.1) is 0 Å². The van der Waals surface area contributed by atoms with Crippen LogP contribution in [0.3, 0.4) is 0 Å². The van der Waals surface area contributed by atoms with Gasteiger partial charge in [-0.2, -0.15) is 5.26 Å². The van der Waals surface area contributed by atoms with Crippen LogP contribution in [0.15, 0.2) is 51.8 Å². The first-order valence-corrected chi connectivity index (χ1v) is 6.84. The highest BCUT2D eigenvalue weighted by Crippen LogP contribution is 2.23. The molecule has 1 aromatic carbocycles. The van der Waals surface area contributed by atoms with Crippen molar-refractivity contribution in [2.24, 2.45) is 5.14 Å². The lowest BCUT2D eigenvalue weighted by molar-refractivity contribution is 0.571. The molecule has 5 nitrogen and oxygen atoms in total. The predicted octanol–water partition coefficient (Wildman–Crippen LogP) is 2.13. The molecule has 0 radical (unpaired) electrons. The van der Waals surface area contributed by atoms with Gasteiger partial charge in [-0.3, -0.25) is 0 Å². The number of allylic oxidation sites excluding steroid dienone is 1. The highest BCUT2D eigenvalue weighted by atomic mass is 32.2. The van der Waals surface area contributed by atoms with Crippen LogP contribution in [0.4, 0.5) is 0 Å². The average molecular weight is 274 g/mol. The number of benzene rings is 1. The van der Waals surface area contributed by atoms with Gasteiger partial charge in [0.05, 0.1) is 11.0 Å². The van der Waals surface area contributed by atoms with Crippen molar-refractivity contribution in [1.82, 2.24) is 0 Å². The first-order chi connectivity index (χ1) is 9.00. The lowest BCUT2D eigenvalue weighted by atomic mass is 10.2. The van der Waals surface area contributed by atoms with E-state index in [-0.39, 0.29) is 4.90 Å². The highest BCUT2D eigenvalue weighted by Gasteiger charge is 2.08. The van der Waals surface area contributed by atoms with Gasteiger partial charge in [-0.25, -0.2) is 13.6 Å². The summed E-state index contributed by atoms with van der Waals surface area (Å²) < 4.78 is 27.7. The monoisotopic (exact) mass is 274 g/mol. The number of primary sulfonamides is 1. The largest absolute Gasteiger partial charge is 0.457 e. The van der Waals surface area contributed by atoms with Crippen molar-refractivity contribution in [3.05, 3.63) is 48.2 Å². The fourth-order valence-electron chi connectivity index (χ4n) is 1.53. The molecule has 0 atom stereocenters. The predicted molar refractivity (Wildman–Crippen MR) is 70.2 cm³/mol. The number of sulfonamides is 1.